The third kappa shape index (κ3) is 5.41. The molecule has 0 aliphatic carbocycles. The molecule has 0 radical (unpaired) electrons. The summed E-state index contributed by atoms with van der Waals surface area (Å²) in [6.45, 7) is 2.57. The minimum atomic E-state index is -0.0455. The quantitative estimate of drug-likeness (QED) is 0.533. The number of nitrogens with one attached hydrogen (secondary N) is 1. The van der Waals surface area contributed by atoms with E-state index in [2.05, 4.69) is 10.2 Å². The monoisotopic (exact) mass is 420 g/mol. The minimum Gasteiger partial charge on any atom is -0.455 e. The highest BCUT2D eigenvalue weighted by atomic mass is 35.5. The second-order valence-corrected chi connectivity index (χ2v) is 8.04. The van der Waals surface area contributed by atoms with Crippen LogP contribution in [0.2, 0.25) is 5.02 Å². The van der Waals surface area contributed by atoms with Gasteiger partial charge in [0.25, 0.3) is 0 Å². The second kappa shape index (κ2) is 9.79. The molecule has 1 saturated heterocycles. The zero-order valence-corrected chi connectivity index (χ0v) is 17.5. The summed E-state index contributed by atoms with van der Waals surface area (Å²) >= 11 is 5.98. The molecule has 0 aromatic heterocycles. The van der Waals surface area contributed by atoms with Crippen LogP contribution in [0.1, 0.15) is 18.4 Å². The lowest BCUT2D eigenvalue weighted by atomic mass is 9.96. The van der Waals surface area contributed by atoms with E-state index in [1.54, 1.807) is 0 Å². The van der Waals surface area contributed by atoms with Crippen molar-refractivity contribution in [3.8, 4) is 11.5 Å². The van der Waals surface area contributed by atoms with Crippen LogP contribution in [0.5, 0.6) is 11.5 Å². The minimum absolute atomic E-state index is 0.0416. The number of rotatable bonds is 6. The van der Waals surface area contributed by atoms with E-state index in [4.69, 9.17) is 16.3 Å². The fraction of sp³-hybridized carbons (Fsp3) is 0.240. The van der Waals surface area contributed by atoms with Crippen molar-refractivity contribution in [3.05, 3.63) is 89.4 Å². The van der Waals surface area contributed by atoms with Crippen LogP contribution in [-0.2, 0) is 11.3 Å². The Morgan fingerprint density at radius 3 is 2.53 bits per heavy atom. The number of likely N-dealkylation sites (tertiary alicyclic amines) is 1. The Labute approximate surface area is 182 Å². The SMILES string of the molecule is O=C(Nc1ccccc1Oc1ccccc1)[C@@H]1CCCN(Cc2ccc(Cl)cc2)C1. The fourth-order valence-electron chi connectivity index (χ4n) is 3.77. The van der Waals surface area contributed by atoms with E-state index in [0.717, 1.165) is 43.2 Å². The zero-order chi connectivity index (χ0) is 20.8. The lowest BCUT2D eigenvalue weighted by molar-refractivity contribution is -0.121. The van der Waals surface area contributed by atoms with Gasteiger partial charge in [0, 0.05) is 18.1 Å². The first-order chi connectivity index (χ1) is 14.7. The topological polar surface area (TPSA) is 41.6 Å². The summed E-state index contributed by atoms with van der Waals surface area (Å²) < 4.78 is 5.97. The molecular formula is C25H25ClN2O2. The molecule has 3 aromatic carbocycles. The molecule has 5 heteroatoms. The zero-order valence-electron chi connectivity index (χ0n) is 16.8. The van der Waals surface area contributed by atoms with Crippen LogP contribution in [-0.4, -0.2) is 23.9 Å². The van der Waals surface area contributed by atoms with Crippen LogP contribution in [0.15, 0.2) is 78.9 Å². The molecule has 4 nitrogen and oxygen atoms in total. The van der Waals surface area contributed by atoms with E-state index in [1.165, 1.54) is 5.56 Å². The van der Waals surface area contributed by atoms with Gasteiger partial charge in [-0.1, -0.05) is 54.1 Å². The van der Waals surface area contributed by atoms with Gasteiger partial charge in [-0.15, -0.1) is 0 Å². The van der Waals surface area contributed by atoms with Gasteiger partial charge in [0.15, 0.2) is 5.75 Å². The number of benzene rings is 3. The highest BCUT2D eigenvalue weighted by Gasteiger charge is 2.26. The Morgan fingerprint density at radius 1 is 1.00 bits per heavy atom. The molecule has 154 valence electrons. The smallest absolute Gasteiger partial charge is 0.228 e. The summed E-state index contributed by atoms with van der Waals surface area (Å²) in [4.78, 5) is 15.3. The standard InChI is InChI=1S/C25H25ClN2O2/c26-21-14-12-19(13-15-21)17-28-16-6-7-20(18-28)25(29)27-23-10-4-5-11-24(23)30-22-8-2-1-3-9-22/h1-5,8-15,20H,6-7,16-18H2,(H,27,29)/t20-/m1/s1. The van der Waals surface area contributed by atoms with Gasteiger partial charge in [-0.25, -0.2) is 0 Å². The molecule has 1 heterocycles. The van der Waals surface area contributed by atoms with Gasteiger partial charge in [-0.3, -0.25) is 9.69 Å². The molecule has 3 aromatic rings. The van der Waals surface area contributed by atoms with Gasteiger partial charge < -0.3 is 10.1 Å². The number of amides is 1. The van der Waals surface area contributed by atoms with E-state index in [9.17, 15) is 4.79 Å². The van der Waals surface area contributed by atoms with Gasteiger partial charge in [0.05, 0.1) is 11.6 Å². The number of anilines is 1. The Balaban J connectivity index is 1.39. The van der Waals surface area contributed by atoms with E-state index in [1.807, 2.05) is 78.9 Å². The normalized spacial score (nSPS) is 16.8. The molecule has 1 aliphatic rings. The molecule has 1 aliphatic heterocycles. The van der Waals surface area contributed by atoms with Crippen molar-refractivity contribution < 1.29 is 9.53 Å². The van der Waals surface area contributed by atoms with Crippen LogP contribution < -0.4 is 10.1 Å². The number of hydrogen-bond acceptors (Lipinski definition) is 3. The van der Waals surface area contributed by atoms with E-state index in [0.29, 0.717) is 11.4 Å². The first-order valence-electron chi connectivity index (χ1n) is 10.3. The number of halogens is 1. The number of ether oxygens (including phenoxy) is 1. The van der Waals surface area contributed by atoms with Crippen LogP contribution in [0.4, 0.5) is 5.69 Å². The van der Waals surface area contributed by atoms with E-state index >= 15 is 0 Å². The number of para-hydroxylation sites is 3. The molecule has 1 N–H and O–H groups in total. The van der Waals surface area contributed by atoms with Gasteiger partial charge in [-0.05, 0) is 61.3 Å². The van der Waals surface area contributed by atoms with Gasteiger partial charge in [0.1, 0.15) is 5.75 Å². The number of carbonyl (C=O) groups is 1. The van der Waals surface area contributed by atoms with Crippen LogP contribution in [0.25, 0.3) is 0 Å². The van der Waals surface area contributed by atoms with Crippen molar-refractivity contribution in [2.45, 2.75) is 19.4 Å². The van der Waals surface area contributed by atoms with E-state index < -0.39 is 0 Å². The molecule has 0 spiro atoms. The largest absolute Gasteiger partial charge is 0.455 e. The summed E-state index contributed by atoms with van der Waals surface area (Å²) in [5, 5.41) is 3.83. The fourth-order valence-corrected chi connectivity index (χ4v) is 3.90. The highest BCUT2D eigenvalue weighted by molar-refractivity contribution is 6.30. The molecule has 0 bridgehead atoms. The van der Waals surface area contributed by atoms with E-state index in [-0.39, 0.29) is 11.8 Å². The van der Waals surface area contributed by atoms with Crippen LogP contribution in [0, 0.1) is 5.92 Å². The number of piperidine rings is 1. The summed E-state index contributed by atoms with van der Waals surface area (Å²) in [5.41, 5.74) is 1.91. The summed E-state index contributed by atoms with van der Waals surface area (Å²) in [7, 11) is 0. The maximum Gasteiger partial charge on any atom is 0.228 e. The average Bonchev–Trinajstić information content (AvgIpc) is 2.78. The maximum absolute atomic E-state index is 13.0. The summed E-state index contributed by atoms with van der Waals surface area (Å²) in [5.74, 6) is 1.38. The molecule has 30 heavy (non-hydrogen) atoms. The third-order valence-electron chi connectivity index (χ3n) is 5.31. The van der Waals surface area contributed by atoms with Crippen molar-refractivity contribution in [3.63, 3.8) is 0 Å². The molecule has 1 fully saturated rings. The predicted octanol–water partition coefficient (Wildman–Crippen LogP) is 5.98. The third-order valence-corrected chi connectivity index (χ3v) is 5.56. The summed E-state index contributed by atoms with van der Waals surface area (Å²) in [6.07, 6.45) is 1.90. The predicted molar refractivity (Wildman–Crippen MR) is 121 cm³/mol. The second-order valence-electron chi connectivity index (χ2n) is 7.60. The number of hydrogen-bond donors (Lipinski definition) is 1. The van der Waals surface area contributed by atoms with Gasteiger partial charge >= 0.3 is 0 Å². The van der Waals surface area contributed by atoms with Crippen molar-refractivity contribution >= 4 is 23.2 Å². The molecule has 1 amide bonds. The Morgan fingerprint density at radius 2 is 1.73 bits per heavy atom. The average molecular weight is 421 g/mol. The Hall–Kier alpha value is -2.82. The first-order valence-corrected chi connectivity index (χ1v) is 10.6. The van der Waals surface area contributed by atoms with Gasteiger partial charge in [-0.2, -0.15) is 0 Å². The molecular weight excluding hydrogens is 396 g/mol. The van der Waals surface area contributed by atoms with Crippen LogP contribution in [0.3, 0.4) is 0 Å². The maximum atomic E-state index is 13.0. The molecule has 1 atom stereocenters. The Kier molecular flexibility index (Phi) is 6.67. The summed E-state index contributed by atoms with van der Waals surface area (Å²) in [6, 6.07) is 25.1. The van der Waals surface area contributed by atoms with Crippen molar-refractivity contribution in [1.82, 2.24) is 4.90 Å². The highest BCUT2D eigenvalue weighted by Crippen LogP contribution is 2.30. The van der Waals surface area contributed by atoms with Crippen molar-refractivity contribution in [1.29, 1.82) is 0 Å². The lowest BCUT2D eigenvalue weighted by Crippen LogP contribution is -2.40. The molecule has 4 rings (SSSR count). The molecule has 0 saturated carbocycles. The van der Waals surface area contributed by atoms with Gasteiger partial charge in [0.2, 0.25) is 5.91 Å². The van der Waals surface area contributed by atoms with Crippen LogP contribution >= 0.6 is 11.6 Å². The first kappa shape index (κ1) is 20.5. The lowest BCUT2D eigenvalue weighted by Gasteiger charge is -2.32. The Bertz CT molecular complexity index is 976. The number of nitrogens with zero attached hydrogens (tertiary/aromatic N) is 1. The van der Waals surface area contributed by atoms with Crippen molar-refractivity contribution in [2.75, 3.05) is 18.4 Å². The number of carbonyl (C=O) groups excluding carboxylic acids is 1. The van der Waals surface area contributed by atoms with Crippen molar-refractivity contribution in [2.24, 2.45) is 5.92 Å². The molecule has 0 unspecified atom stereocenters.